The molecule has 16 heavy (non-hydrogen) atoms. The van der Waals surface area contributed by atoms with Gasteiger partial charge in [-0.25, -0.2) is 4.79 Å². The second-order valence-corrected chi connectivity index (χ2v) is 4.29. The van der Waals surface area contributed by atoms with Crippen LogP contribution in [0, 0.1) is 4.84 Å². The van der Waals surface area contributed by atoms with Crippen molar-refractivity contribution in [1.29, 1.82) is 0 Å². The van der Waals surface area contributed by atoms with Gasteiger partial charge in [-0.1, -0.05) is 0 Å². The number of benzene rings is 1. The van der Waals surface area contributed by atoms with Gasteiger partial charge in [-0.3, -0.25) is 0 Å². The minimum Gasteiger partial charge on any atom is -0.462 e. The van der Waals surface area contributed by atoms with E-state index in [9.17, 15) is 4.79 Å². The summed E-state index contributed by atoms with van der Waals surface area (Å²) in [6, 6.07) is 3.30. The molecule has 0 saturated carbocycles. The van der Waals surface area contributed by atoms with Gasteiger partial charge in [0.2, 0.25) is 0 Å². The van der Waals surface area contributed by atoms with Crippen molar-refractivity contribution in [2.24, 2.45) is 0 Å². The molecule has 0 bridgehead atoms. The minimum absolute atomic E-state index is 0.275. The van der Waals surface area contributed by atoms with E-state index in [1.807, 2.05) is 0 Å². The van der Waals surface area contributed by atoms with Gasteiger partial charge in [-0.15, -0.1) is 0 Å². The van der Waals surface area contributed by atoms with E-state index in [1.165, 1.54) is 0 Å². The van der Waals surface area contributed by atoms with Crippen LogP contribution in [0.25, 0.3) is 11.1 Å². The Labute approximate surface area is 105 Å². The smallest absolute Gasteiger partial charge is 0.338 e. The van der Waals surface area contributed by atoms with Crippen LogP contribution >= 0.6 is 28.1 Å². The lowest BCUT2D eigenvalue weighted by Crippen LogP contribution is -2.04. The molecule has 0 saturated heterocycles. The summed E-state index contributed by atoms with van der Waals surface area (Å²) in [5.41, 5.74) is 1.72. The van der Waals surface area contributed by atoms with E-state index in [0.717, 1.165) is 0 Å². The molecule has 0 aliphatic heterocycles. The van der Waals surface area contributed by atoms with Crippen molar-refractivity contribution in [3.05, 3.63) is 27.0 Å². The third-order valence-corrected chi connectivity index (χ3v) is 2.76. The molecule has 1 aromatic heterocycles. The van der Waals surface area contributed by atoms with E-state index < -0.39 is 0 Å². The Hall–Kier alpha value is -1.14. The largest absolute Gasteiger partial charge is 0.462 e. The molecular formula is C10H8BrNO3S. The molecule has 84 valence electrons. The summed E-state index contributed by atoms with van der Waals surface area (Å²) >= 11 is 8.19. The van der Waals surface area contributed by atoms with Gasteiger partial charge in [0.25, 0.3) is 4.84 Å². The number of hydrogen-bond acceptors (Lipinski definition) is 4. The first-order chi connectivity index (χ1) is 7.61. The van der Waals surface area contributed by atoms with Crippen LogP contribution in [0.2, 0.25) is 0 Å². The van der Waals surface area contributed by atoms with Crippen LogP contribution in [0.1, 0.15) is 17.3 Å². The van der Waals surface area contributed by atoms with Gasteiger partial charge < -0.3 is 14.1 Å². The molecule has 1 heterocycles. The first-order valence-electron chi connectivity index (χ1n) is 4.61. The number of esters is 1. The fourth-order valence-electron chi connectivity index (χ4n) is 1.35. The van der Waals surface area contributed by atoms with Crippen molar-refractivity contribution >= 4 is 45.2 Å². The number of nitrogens with one attached hydrogen (secondary N) is 1. The Kier molecular flexibility index (Phi) is 3.11. The second kappa shape index (κ2) is 4.39. The highest BCUT2D eigenvalue weighted by atomic mass is 79.9. The van der Waals surface area contributed by atoms with Crippen molar-refractivity contribution in [3.63, 3.8) is 0 Å². The van der Waals surface area contributed by atoms with Crippen LogP contribution in [0.4, 0.5) is 0 Å². The summed E-state index contributed by atoms with van der Waals surface area (Å²) in [5, 5.41) is 0. The first kappa shape index (κ1) is 11.3. The van der Waals surface area contributed by atoms with Crippen LogP contribution in [0.5, 0.6) is 0 Å². The molecule has 0 aliphatic rings. The Morgan fingerprint density at radius 2 is 2.38 bits per heavy atom. The molecule has 4 nitrogen and oxygen atoms in total. The Balaban J connectivity index is 2.57. The van der Waals surface area contributed by atoms with E-state index in [4.69, 9.17) is 21.4 Å². The zero-order valence-electron chi connectivity index (χ0n) is 8.37. The number of oxazole rings is 1. The second-order valence-electron chi connectivity index (χ2n) is 3.07. The number of carbonyl (C=O) groups excluding carboxylic acids is 1. The number of rotatable bonds is 2. The monoisotopic (exact) mass is 301 g/mol. The van der Waals surface area contributed by atoms with Crippen LogP contribution in [0.15, 0.2) is 21.0 Å². The molecule has 1 N–H and O–H groups in total. The highest BCUT2D eigenvalue weighted by Gasteiger charge is 2.12. The van der Waals surface area contributed by atoms with Crippen molar-refractivity contribution in [2.75, 3.05) is 6.61 Å². The zero-order valence-corrected chi connectivity index (χ0v) is 10.8. The number of H-pyrrole nitrogens is 1. The third kappa shape index (κ3) is 2.03. The number of ether oxygens (including phenoxy) is 1. The van der Waals surface area contributed by atoms with E-state index in [0.29, 0.717) is 27.7 Å². The van der Waals surface area contributed by atoms with Crippen LogP contribution < -0.4 is 0 Å². The Bertz CT molecular complexity index is 602. The van der Waals surface area contributed by atoms with E-state index in [2.05, 4.69) is 20.9 Å². The van der Waals surface area contributed by atoms with E-state index in [-0.39, 0.29) is 10.8 Å². The van der Waals surface area contributed by atoms with Gasteiger partial charge in [0, 0.05) is 0 Å². The molecular weight excluding hydrogens is 294 g/mol. The Morgan fingerprint density at radius 3 is 3.06 bits per heavy atom. The van der Waals surface area contributed by atoms with E-state index in [1.54, 1.807) is 19.1 Å². The van der Waals surface area contributed by atoms with Crippen molar-refractivity contribution in [1.82, 2.24) is 4.98 Å². The number of carbonyl (C=O) groups is 1. The molecule has 0 unspecified atom stereocenters. The molecule has 2 rings (SSSR count). The quantitative estimate of drug-likeness (QED) is 0.682. The van der Waals surface area contributed by atoms with Crippen molar-refractivity contribution < 1.29 is 13.9 Å². The lowest BCUT2D eigenvalue weighted by molar-refractivity contribution is 0.0526. The maximum atomic E-state index is 11.5. The van der Waals surface area contributed by atoms with Gasteiger partial charge in [-0.05, 0) is 47.2 Å². The Morgan fingerprint density at radius 1 is 1.62 bits per heavy atom. The predicted molar refractivity (Wildman–Crippen MR) is 65.1 cm³/mol. The number of aromatic amines is 1. The molecule has 6 heteroatoms. The topological polar surface area (TPSA) is 55.2 Å². The highest BCUT2D eigenvalue weighted by Crippen LogP contribution is 2.25. The van der Waals surface area contributed by atoms with Crippen LogP contribution in [0.3, 0.4) is 0 Å². The van der Waals surface area contributed by atoms with Gasteiger partial charge >= 0.3 is 5.97 Å². The van der Waals surface area contributed by atoms with Crippen LogP contribution in [-0.2, 0) is 4.74 Å². The summed E-state index contributed by atoms with van der Waals surface area (Å²) in [4.78, 5) is 14.7. The zero-order chi connectivity index (χ0) is 11.7. The highest BCUT2D eigenvalue weighted by molar-refractivity contribution is 9.10. The third-order valence-electron chi connectivity index (χ3n) is 1.99. The number of halogens is 1. The maximum absolute atomic E-state index is 11.5. The summed E-state index contributed by atoms with van der Waals surface area (Å²) in [6.07, 6.45) is 0. The van der Waals surface area contributed by atoms with Crippen LogP contribution in [-0.4, -0.2) is 17.6 Å². The number of aromatic nitrogens is 1. The van der Waals surface area contributed by atoms with E-state index >= 15 is 0 Å². The lowest BCUT2D eigenvalue weighted by atomic mass is 10.2. The molecule has 0 radical (unpaired) electrons. The molecule has 0 atom stereocenters. The number of hydrogen-bond donors (Lipinski definition) is 1. The molecule has 0 aliphatic carbocycles. The number of fused-ring (bicyclic) bond motifs is 1. The van der Waals surface area contributed by atoms with Gasteiger partial charge in [0.1, 0.15) is 0 Å². The average Bonchev–Trinajstić information content (AvgIpc) is 2.59. The van der Waals surface area contributed by atoms with Gasteiger partial charge in [-0.2, -0.15) is 0 Å². The summed E-state index contributed by atoms with van der Waals surface area (Å²) in [7, 11) is 0. The molecule has 2 aromatic rings. The van der Waals surface area contributed by atoms with Crippen molar-refractivity contribution in [3.8, 4) is 0 Å². The standard InChI is InChI=1S/C10H8BrNO3S/c1-2-14-9(13)5-3-6(11)8-7(4-5)12-10(16)15-8/h3-4H,2H2,1H3,(H,12,16). The lowest BCUT2D eigenvalue weighted by Gasteiger charge is -2.02. The fraction of sp³-hybridized carbons (Fsp3) is 0.200. The van der Waals surface area contributed by atoms with Crippen molar-refractivity contribution in [2.45, 2.75) is 6.92 Å². The minimum atomic E-state index is -0.370. The molecule has 1 aromatic carbocycles. The fourth-order valence-corrected chi connectivity index (χ4v) is 2.08. The SMILES string of the molecule is CCOC(=O)c1cc(Br)c2oc(=S)[nH]c2c1. The summed E-state index contributed by atoms with van der Waals surface area (Å²) < 4.78 is 10.8. The molecule has 0 spiro atoms. The maximum Gasteiger partial charge on any atom is 0.338 e. The summed E-state index contributed by atoms with van der Waals surface area (Å²) in [6.45, 7) is 2.10. The first-order valence-corrected chi connectivity index (χ1v) is 5.81. The normalized spacial score (nSPS) is 10.6. The summed E-state index contributed by atoms with van der Waals surface area (Å²) in [5.74, 6) is -0.370. The molecule has 0 fully saturated rings. The van der Waals surface area contributed by atoms with Gasteiger partial charge in [0.15, 0.2) is 5.58 Å². The molecule has 0 amide bonds. The predicted octanol–water partition coefficient (Wildman–Crippen LogP) is 3.43. The van der Waals surface area contributed by atoms with Gasteiger partial charge in [0.05, 0.1) is 22.2 Å². The average molecular weight is 302 g/mol.